The molecule has 0 heterocycles. The van der Waals surface area contributed by atoms with E-state index in [2.05, 4.69) is 0 Å². The molecule has 0 amide bonds. The van der Waals surface area contributed by atoms with E-state index in [4.69, 9.17) is 9.47 Å². The highest BCUT2D eigenvalue weighted by atomic mass is 16.6. The van der Waals surface area contributed by atoms with Crippen molar-refractivity contribution < 1.29 is 14.3 Å². The number of carbonyl (C=O) groups excluding carboxylic acids is 1. The van der Waals surface area contributed by atoms with Crippen molar-refractivity contribution in [3.63, 3.8) is 0 Å². The lowest BCUT2D eigenvalue weighted by Crippen LogP contribution is -2.19. The zero-order valence-electron chi connectivity index (χ0n) is 8.74. The summed E-state index contributed by atoms with van der Waals surface area (Å²) in [4.78, 5) is 11.0. The molecule has 0 aliphatic rings. The van der Waals surface area contributed by atoms with Gasteiger partial charge in [-0.3, -0.25) is 0 Å². The molecule has 0 bridgehead atoms. The Balaban J connectivity index is 3.57. The summed E-state index contributed by atoms with van der Waals surface area (Å²) in [7, 11) is 0. The topological polar surface area (TPSA) is 35.5 Å². The number of esters is 1. The van der Waals surface area contributed by atoms with Crippen molar-refractivity contribution in [1.29, 1.82) is 0 Å². The van der Waals surface area contributed by atoms with Gasteiger partial charge in [-0.2, -0.15) is 0 Å². The van der Waals surface area contributed by atoms with E-state index in [-0.39, 0.29) is 24.8 Å². The van der Waals surface area contributed by atoms with Gasteiger partial charge in [-0.1, -0.05) is 12.2 Å². The molecule has 0 aliphatic carbocycles. The Morgan fingerprint density at radius 2 is 2.00 bits per heavy atom. The average molecular weight is 186 g/mol. The summed E-state index contributed by atoms with van der Waals surface area (Å²) in [5, 5.41) is 0. The van der Waals surface area contributed by atoms with Crippen molar-refractivity contribution in [2.45, 2.75) is 39.9 Å². The summed E-state index contributed by atoms with van der Waals surface area (Å²) in [6.07, 6.45) is 3.65. The molecule has 3 heteroatoms. The van der Waals surface area contributed by atoms with Crippen molar-refractivity contribution in [2.75, 3.05) is 6.61 Å². The Morgan fingerprint density at radius 3 is 2.46 bits per heavy atom. The maximum Gasteiger partial charge on any atom is 0.332 e. The number of allylic oxidation sites excluding steroid dienone is 1. The van der Waals surface area contributed by atoms with Crippen LogP contribution in [0.5, 0.6) is 0 Å². The molecule has 13 heavy (non-hydrogen) atoms. The normalized spacial score (nSPS) is 13.6. The van der Waals surface area contributed by atoms with E-state index in [1.807, 2.05) is 39.8 Å². The largest absolute Gasteiger partial charge is 0.461 e. The average Bonchev–Trinajstić information content (AvgIpc) is 2.00. The van der Waals surface area contributed by atoms with Crippen molar-refractivity contribution in [3.05, 3.63) is 12.2 Å². The van der Waals surface area contributed by atoms with Crippen molar-refractivity contribution in [2.24, 2.45) is 0 Å². The van der Waals surface area contributed by atoms with E-state index in [9.17, 15) is 4.79 Å². The van der Waals surface area contributed by atoms with Crippen LogP contribution in [0.4, 0.5) is 0 Å². The Kier molecular flexibility index (Phi) is 6.24. The highest BCUT2D eigenvalue weighted by molar-refractivity contribution is 5.70. The molecule has 0 radical (unpaired) electrons. The second-order valence-corrected chi connectivity index (χ2v) is 3.08. The van der Waals surface area contributed by atoms with Crippen LogP contribution in [0.1, 0.15) is 27.7 Å². The molecule has 1 atom stereocenters. The van der Waals surface area contributed by atoms with Gasteiger partial charge in [-0.05, 0) is 27.7 Å². The summed E-state index contributed by atoms with van der Waals surface area (Å²) in [6.45, 7) is 7.43. The molecular formula is C10H18O3. The SMILES string of the molecule is C/C=C/C(C)OCC(=O)OC(C)C. The Labute approximate surface area is 79.7 Å². The van der Waals surface area contributed by atoms with E-state index in [1.165, 1.54) is 0 Å². The van der Waals surface area contributed by atoms with E-state index >= 15 is 0 Å². The number of hydrogen-bond donors (Lipinski definition) is 0. The molecule has 0 fully saturated rings. The molecule has 76 valence electrons. The van der Waals surface area contributed by atoms with E-state index in [0.29, 0.717) is 0 Å². The maximum absolute atomic E-state index is 11.0. The predicted molar refractivity (Wildman–Crippen MR) is 51.5 cm³/mol. The van der Waals surface area contributed by atoms with Crippen LogP contribution in [0, 0.1) is 0 Å². The van der Waals surface area contributed by atoms with Gasteiger partial charge >= 0.3 is 5.97 Å². The van der Waals surface area contributed by atoms with Crippen molar-refractivity contribution in [3.8, 4) is 0 Å². The van der Waals surface area contributed by atoms with Gasteiger partial charge < -0.3 is 9.47 Å². The fraction of sp³-hybridized carbons (Fsp3) is 0.700. The van der Waals surface area contributed by atoms with Crippen LogP contribution < -0.4 is 0 Å². The van der Waals surface area contributed by atoms with E-state index in [0.717, 1.165) is 0 Å². The van der Waals surface area contributed by atoms with Crippen LogP contribution >= 0.6 is 0 Å². The van der Waals surface area contributed by atoms with Gasteiger partial charge in [0.25, 0.3) is 0 Å². The molecule has 0 aromatic carbocycles. The third-order valence-electron chi connectivity index (χ3n) is 1.29. The number of hydrogen-bond acceptors (Lipinski definition) is 3. The first-order valence-electron chi connectivity index (χ1n) is 4.50. The summed E-state index contributed by atoms with van der Waals surface area (Å²) in [5.41, 5.74) is 0. The van der Waals surface area contributed by atoms with E-state index < -0.39 is 0 Å². The van der Waals surface area contributed by atoms with Gasteiger partial charge in [-0.25, -0.2) is 4.79 Å². The lowest BCUT2D eigenvalue weighted by molar-refractivity contribution is -0.153. The van der Waals surface area contributed by atoms with Crippen molar-refractivity contribution >= 4 is 5.97 Å². The minimum atomic E-state index is -0.314. The Hall–Kier alpha value is -0.830. The molecule has 0 aliphatic heterocycles. The first-order chi connectivity index (χ1) is 6.06. The number of rotatable bonds is 5. The fourth-order valence-electron chi connectivity index (χ4n) is 0.823. The standard InChI is InChI=1S/C10H18O3/c1-5-6-9(4)12-7-10(11)13-8(2)3/h5-6,8-9H,7H2,1-4H3/b6-5+. The van der Waals surface area contributed by atoms with E-state index in [1.54, 1.807) is 0 Å². The third-order valence-corrected chi connectivity index (χ3v) is 1.29. The summed E-state index contributed by atoms with van der Waals surface area (Å²) in [5.74, 6) is -0.314. The quantitative estimate of drug-likeness (QED) is 0.486. The second-order valence-electron chi connectivity index (χ2n) is 3.08. The summed E-state index contributed by atoms with van der Waals surface area (Å²) < 4.78 is 10.1. The zero-order valence-corrected chi connectivity index (χ0v) is 8.74. The smallest absolute Gasteiger partial charge is 0.332 e. The maximum atomic E-state index is 11.0. The summed E-state index contributed by atoms with van der Waals surface area (Å²) >= 11 is 0. The monoisotopic (exact) mass is 186 g/mol. The van der Waals surface area contributed by atoms with Crippen LogP contribution in [0.15, 0.2) is 12.2 Å². The zero-order chi connectivity index (χ0) is 10.3. The van der Waals surface area contributed by atoms with Gasteiger partial charge in [0.2, 0.25) is 0 Å². The molecule has 0 saturated heterocycles. The molecule has 0 spiro atoms. The highest BCUT2D eigenvalue weighted by Crippen LogP contribution is 1.95. The first kappa shape index (κ1) is 12.2. The molecule has 0 saturated carbocycles. The van der Waals surface area contributed by atoms with Crippen LogP contribution in [-0.4, -0.2) is 24.8 Å². The van der Waals surface area contributed by atoms with Crippen LogP contribution in [-0.2, 0) is 14.3 Å². The Morgan fingerprint density at radius 1 is 1.38 bits per heavy atom. The van der Waals surface area contributed by atoms with Crippen LogP contribution in [0.3, 0.4) is 0 Å². The number of carbonyl (C=O) groups is 1. The lowest BCUT2D eigenvalue weighted by atomic mass is 10.3. The third kappa shape index (κ3) is 7.53. The first-order valence-corrected chi connectivity index (χ1v) is 4.50. The molecule has 0 N–H and O–H groups in total. The minimum absolute atomic E-state index is 0.0175. The van der Waals surface area contributed by atoms with Gasteiger partial charge in [-0.15, -0.1) is 0 Å². The highest BCUT2D eigenvalue weighted by Gasteiger charge is 2.06. The molecule has 3 nitrogen and oxygen atoms in total. The summed E-state index contributed by atoms with van der Waals surface area (Å²) in [6, 6.07) is 0. The lowest BCUT2D eigenvalue weighted by Gasteiger charge is -2.10. The van der Waals surface area contributed by atoms with Gasteiger partial charge in [0.05, 0.1) is 12.2 Å². The molecular weight excluding hydrogens is 168 g/mol. The van der Waals surface area contributed by atoms with Crippen molar-refractivity contribution in [1.82, 2.24) is 0 Å². The van der Waals surface area contributed by atoms with Gasteiger partial charge in [0.1, 0.15) is 6.61 Å². The molecule has 0 aromatic rings. The van der Waals surface area contributed by atoms with Crippen LogP contribution in [0.2, 0.25) is 0 Å². The number of ether oxygens (including phenoxy) is 2. The molecule has 1 unspecified atom stereocenters. The molecule has 0 aromatic heterocycles. The molecule has 0 rings (SSSR count). The van der Waals surface area contributed by atoms with Gasteiger partial charge in [0, 0.05) is 0 Å². The fourth-order valence-corrected chi connectivity index (χ4v) is 0.823. The van der Waals surface area contributed by atoms with Gasteiger partial charge in [0.15, 0.2) is 0 Å². The van der Waals surface area contributed by atoms with Crippen LogP contribution in [0.25, 0.3) is 0 Å². The second kappa shape index (κ2) is 6.66. The Bertz CT molecular complexity index is 173. The minimum Gasteiger partial charge on any atom is -0.461 e. The predicted octanol–water partition coefficient (Wildman–Crippen LogP) is 1.92.